The van der Waals surface area contributed by atoms with Crippen molar-refractivity contribution in [2.45, 2.75) is 12.1 Å². The third-order valence-corrected chi connectivity index (χ3v) is 3.99. The molecule has 0 fully saturated rings. The SMILES string of the molecule is CCOc1ccc2nc(SCC=Cc3ccccc3)[nH]c2c1.Cl. The van der Waals surface area contributed by atoms with Gasteiger partial charge in [-0.1, -0.05) is 54.2 Å². The van der Waals surface area contributed by atoms with E-state index < -0.39 is 0 Å². The fourth-order valence-electron chi connectivity index (χ4n) is 2.17. The van der Waals surface area contributed by atoms with Crippen molar-refractivity contribution in [3.8, 4) is 5.75 Å². The van der Waals surface area contributed by atoms with Crippen molar-refractivity contribution >= 4 is 41.3 Å². The molecule has 3 aromatic rings. The molecular formula is C18H19ClN2OS. The summed E-state index contributed by atoms with van der Waals surface area (Å²) in [6, 6.07) is 16.2. The Bertz CT molecular complexity index is 771. The minimum atomic E-state index is 0. The molecule has 23 heavy (non-hydrogen) atoms. The van der Waals surface area contributed by atoms with Crippen LogP contribution in [0, 0.1) is 0 Å². The fourth-order valence-corrected chi connectivity index (χ4v) is 2.86. The Morgan fingerprint density at radius 3 is 2.78 bits per heavy atom. The van der Waals surface area contributed by atoms with E-state index in [0.717, 1.165) is 27.7 Å². The van der Waals surface area contributed by atoms with Crippen LogP contribution in [0.4, 0.5) is 0 Å². The molecule has 0 amide bonds. The lowest BCUT2D eigenvalue weighted by atomic mass is 10.2. The minimum Gasteiger partial charge on any atom is -0.494 e. The lowest BCUT2D eigenvalue weighted by molar-refractivity contribution is 0.340. The van der Waals surface area contributed by atoms with Crippen molar-refractivity contribution in [1.29, 1.82) is 0 Å². The van der Waals surface area contributed by atoms with Gasteiger partial charge in [-0.05, 0) is 24.6 Å². The number of aromatic nitrogens is 2. The Morgan fingerprint density at radius 1 is 1.17 bits per heavy atom. The van der Waals surface area contributed by atoms with Gasteiger partial charge in [0.25, 0.3) is 0 Å². The number of hydrogen-bond donors (Lipinski definition) is 1. The van der Waals surface area contributed by atoms with Crippen LogP contribution in [0.3, 0.4) is 0 Å². The first-order chi connectivity index (χ1) is 10.8. The van der Waals surface area contributed by atoms with E-state index in [1.54, 1.807) is 11.8 Å². The maximum Gasteiger partial charge on any atom is 0.166 e. The van der Waals surface area contributed by atoms with Crippen LogP contribution in [0.15, 0.2) is 59.8 Å². The van der Waals surface area contributed by atoms with Gasteiger partial charge in [0.1, 0.15) is 5.75 Å². The summed E-state index contributed by atoms with van der Waals surface area (Å²) in [5, 5.41) is 0.932. The van der Waals surface area contributed by atoms with Gasteiger partial charge in [0, 0.05) is 11.8 Å². The molecule has 3 rings (SSSR count). The number of fused-ring (bicyclic) bond motifs is 1. The average molecular weight is 347 g/mol. The van der Waals surface area contributed by atoms with E-state index in [2.05, 4.69) is 34.3 Å². The van der Waals surface area contributed by atoms with Gasteiger partial charge < -0.3 is 9.72 Å². The number of hydrogen-bond acceptors (Lipinski definition) is 3. The summed E-state index contributed by atoms with van der Waals surface area (Å²) >= 11 is 1.69. The maximum absolute atomic E-state index is 5.50. The van der Waals surface area contributed by atoms with Gasteiger partial charge in [0.05, 0.1) is 17.6 Å². The largest absolute Gasteiger partial charge is 0.494 e. The van der Waals surface area contributed by atoms with Crippen molar-refractivity contribution in [1.82, 2.24) is 9.97 Å². The van der Waals surface area contributed by atoms with E-state index in [9.17, 15) is 0 Å². The third-order valence-electron chi connectivity index (χ3n) is 3.17. The molecule has 0 saturated heterocycles. The molecule has 0 bridgehead atoms. The summed E-state index contributed by atoms with van der Waals surface area (Å²) in [4.78, 5) is 7.91. The first-order valence-electron chi connectivity index (χ1n) is 7.32. The molecule has 1 aromatic heterocycles. The summed E-state index contributed by atoms with van der Waals surface area (Å²) in [6.45, 7) is 2.66. The first kappa shape index (κ1) is 17.4. The van der Waals surface area contributed by atoms with Crippen LogP contribution in [-0.4, -0.2) is 22.3 Å². The number of H-pyrrole nitrogens is 1. The highest BCUT2D eigenvalue weighted by Crippen LogP contribution is 2.23. The zero-order chi connectivity index (χ0) is 15.2. The number of benzene rings is 2. The number of imidazole rings is 1. The zero-order valence-electron chi connectivity index (χ0n) is 12.9. The zero-order valence-corrected chi connectivity index (χ0v) is 14.5. The molecule has 0 aliphatic heterocycles. The number of nitrogens with one attached hydrogen (secondary N) is 1. The summed E-state index contributed by atoms with van der Waals surface area (Å²) in [5.41, 5.74) is 3.20. The Morgan fingerprint density at radius 2 is 2.00 bits per heavy atom. The van der Waals surface area contributed by atoms with Gasteiger partial charge in [-0.15, -0.1) is 12.4 Å². The number of rotatable bonds is 6. The van der Waals surface area contributed by atoms with Crippen molar-refractivity contribution in [3.05, 3.63) is 60.2 Å². The number of nitrogens with zero attached hydrogens (tertiary/aromatic N) is 1. The molecule has 120 valence electrons. The molecule has 5 heteroatoms. The second-order valence-corrected chi connectivity index (χ2v) is 5.79. The van der Waals surface area contributed by atoms with Gasteiger partial charge >= 0.3 is 0 Å². The van der Waals surface area contributed by atoms with Gasteiger partial charge in [-0.2, -0.15) is 0 Å². The molecule has 0 unspecified atom stereocenters. The molecule has 2 aromatic carbocycles. The number of ether oxygens (including phenoxy) is 1. The van der Waals surface area contributed by atoms with Crippen LogP contribution in [0.2, 0.25) is 0 Å². The van der Waals surface area contributed by atoms with E-state index in [0.29, 0.717) is 6.61 Å². The van der Waals surface area contributed by atoms with Gasteiger partial charge in [0.2, 0.25) is 0 Å². The van der Waals surface area contributed by atoms with Gasteiger partial charge in [-0.25, -0.2) is 4.98 Å². The lowest BCUT2D eigenvalue weighted by Crippen LogP contribution is -1.90. The predicted molar refractivity (Wildman–Crippen MR) is 101 cm³/mol. The topological polar surface area (TPSA) is 37.9 Å². The highest BCUT2D eigenvalue weighted by molar-refractivity contribution is 7.99. The van der Waals surface area contributed by atoms with Crippen LogP contribution in [0.5, 0.6) is 5.75 Å². The predicted octanol–water partition coefficient (Wildman–Crippen LogP) is 5.19. The standard InChI is InChI=1S/C18H18N2OS.ClH/c1-2-21-15-10-11-16-17(13-15)20-18(19-16)22-12-6-9-14-7-4-3-5-8-14;/h3-11,13H,2,12H2,1H3,(H,19,20);1H. The van der Waals surface area contributed by atoms with Crippen LogP contribution >= 0.6 is 24.2 Å². The maximum atomic E-state index is 5.50. The Labute approximate surface area is 146 Å². The molecule has 0 aliphatic rings. The number of thioether (sulfide) groups is 1. The molecule has 1 N–H and O–H groups in total. The summed E-state index contributed by atoms with van der Waals surface area (Å²) in [5.74, 6) is 1.76. The normalized spacial score (nSPS) is 10.8. The van der Waals surface area contributed by atoms with E-state index in [1.165, 1.54) is 5.56 Å². The molecule has 0 atom stereocenters. The van der Waals surface area contributed by atoms with E-state index in [-0.39, 0.29) is 12.4 Å². The Hall–Kier alpha value is -1.91. The van der Waals surface area contributed by atoms with Gasteiger partial charge in [0.15, 0.2) is 5.16 Å². The highest BCUT2D eigenvalue weighted by atomic mass is 35.5. The Balaban J connectivity index is 0.00000192. The number of halogens is 1. The molecule has 0 radical (unpaired) electrons. The van der Waals surface area contributed by atoms with Crippen LogP contribution in [0.1, 0.15) is 12.5 Å². The molecule has 0 saturated carbocycles. The third kappa shape index (κ3) is 4.78. The van der Waals surface area contributed by atoms with Crippen LogP contribution < -0.4 is 4.74 Å². The summed E-state index contributed by atoms with van der Waals surface area (Å²) < 4.78 is 5.50. The molecule has 1 heterocycles. The van der Waals surface area contributed by atoms with Crippen molar-refractivity contribution in [2.24, 2.45) is 0 Å². The summed E-state index contributed by atoms with van der Waals surface area (Å²) in [6.07, 6.45) is 4.28. The fraction of sp³-hybridized carbons (Fsp3) is 0.167. The van der Waals surface area contributed by atoms with Gasteiger partial charge in [-0.3, -0.25) is 0 Å². The van der Waals surface area contributed by atoms with E-state index in [4.69, 9.17) is 4.74 Å². The summed E-state index contributed by atoms with van der Waals surface area (Å²) in [7, 11) is 0. The molecular weight excluding hydrogens is 328 g/mol. The van der Waals surface area contributed by atoms with Crippen molar-refractivity contribution < 1.29 is 4.74 Å². The smallest absolute Gasteiger partial charge is 0.166 e. The second kappa shape index (κ2) is 8.65. The van der Waals surface area contributed by atoms with Crippen molar-refractivity contribution in [3.63, 3.8) is 0 Å². The lowest BCUT2D eigenvalue weighted by Gasteiger charge is -2.00. The molecule has 3 nitrogen and oxygen atoms in total. The molecule has 0 spiro atoms. The monoisotopic (exact) mass is 346 g/mol. The van der Waals surface area contributed by atoms with E-state index >= 15 is 0 Å². The first-order valence-corrected chi connectivity index (χ1v) is 8.30. The van der Waals surface area contributed by atoms with Crippen LogP contribution in [0.25, 0.3) is 17.1 Å². The minimum absolute atomic E-state index is 0. The highest BCUT2D eigenvalue weighted by Gasteiger charge is 2.04. The molecule has 0 aliphatic carbocycles. The quantitative estimate of drug-likeness (QED) is 0.624. The van der Waals surface area contributed by atoms with Crippen molar-refractivity contribution in [2.75, 3.05) is 12.4 Å². The average Bonchev–Trinajstić information content (AvgIpc) is 2.95. The van der Waals surface area contributed by atoms with E-state index in [1.807, 2.05) is 43.3 Å². The second-order valence-electron chi connectivity index (χ2n) is 4.78. The van der Waals surface area contributed by atoms with Crippen LogP contribution in [-0.2, 0) is 0 Å². The Kier molecular flexibility index (Phi) is 6.56. The number of aromatic amines is 1.